The van der Waals surface area contributed by atoms with Crippen LogP contribution in [0, 0.1) is 13.8 Å². The number of rotatable bonds is 3. The summed E-state index contributed by atoms with van der Waals surface area (Å²) in [5.41, 5.74) is 4.92. The average molecular weight is 345 g/mol. The van der Waals surface area contributed by atoms with E-state index >= 15 is 0 Å². The lowest BCUT2D eigenvalue weighted by Gasteiger charge is -2.24. The lowest BCUT2D eigenvalue weighted by Crippen LogP contribution is -2.31. The molecule has 0 unspecified atom stereocenters. The molecule has 0 radical (unpaired) electrons. The summed E-state index contributed by atoms with van der Waals surface area (Å²) in [5, 5.41) is 0. The van der Waals surface area contributed by atoms with Crippen LogP contribution in [-0.4, -0.2) is 26.9 Å². The Labute approximate surface area is 154 Å². The van der Waals surface area contributed by atoms with E-state index in [1.165, 1.54) is 0 Å². The van der Waals surface area contributed by atoms with E-state index in [9.17, 15) is 4.79 Å². The molecule has 0 saturated carbocycles. The lowest BCUT2D eigenvalue weighted by molar-refractivity contribution is 0.0732. The van der Waals surface area contributed by atoms with Gasteiger partial charge in [0.25, 0.3) is 5.91 Å². The topological polar surface area (TPSA) is 38.1 Å². The first-order valence-corrected chi connectivity index (χ1v) is 9.13. The Morgan fingerprint density at radius 2 is 1.85 bits per heavy atom. The highest BCUT2D eigenvalue weighted by atomic mass is 16.2. The maximum Gasteiger partial charge on any atom is 0.256 e. The molecule has 1 atom stereocenters. The van der Waals surface area contributed by atoms with Crippen LogP contribution in [0.3, 0.4) is 0 Å². The van der Waals surface area contributed by atoms with E-state index in [4.69, 9.17) is 0 Å². The Bertz CT molecular complexity index is 915. The van der Waals surface area contributed by atoms with Crippen LogP contribution in [0.4, 0.5) is 0 Å². The minimum Gasteiger partial charge on any atom is -0.330 e. The van der Waals surface area contributed by atoms with Crippen molar-refractivity contribution in [2.75, 3.05) is 6.54 Å². The number of pyridine rings is 1. The number of aromatic nitrogens is 2. The summed E-state index contributed by atoms with van der Waals surface area (Å²) in [6, 6.07) is 18.2. The molecule has 1 saturated heterocycles. The van der Waals surface area contributed by atoms with Crippen molar-refractivity contribution in [3.05, 3.63) is 83.4 Å². The molecule has 132 valence electrons. The summed E-state index contributed by atoms with van der Waals surface area (Å²) >= 11 is 0. The maximum absolute atomic E-state index is 13.3. The van der Waals surface area contributed by atoms with E-state index in [2.05, 4.69) is 28.6 Å². The van der Waals surface area contributed by atoms with Gasteiger partial charge in [0.1, 0.15) is 0 Å². The third-order valence-corrected chi connectivity index (χ3v) is 5.22. The molecule has 4 heteroatoms. The van der Waals surface area contributed by atoms with Gasteiger partial charge >= 0.3 is 0 Å². The fourth-order valence-electron chi connectivity index (χ4n) is 4.00. The Kier molecular flexibility index (Phi) is 4.33. The monoisotopic (exact) mass is 345 g/mol. The molecule has 0 aliphatic carbocycles. The minimum absolute atomic E-state index is 0.0727. The molecule has 1 amide bonds. The van der Waals surface area contributed by atoms with Gasteiger partial charge in [-0.2, -0.15) is 0 Å². The number of amides is 1. The van der Waals surface area contributed by atoms with Gasteiger partial charge in [-0.05, 0) is 57.0 Å². The van der Waals surface area contributed by atoms with Crippen molar-refractivity contribution in [1.82, 2.24) is 14.5 Å². The molecule has 1 aromatic carbocycles. The van der Waals surface area contributed by atoms with E-state index in [1.54, 1.807) is 6.20 Å². The average Bonchev–Trinajstić information content (AvgIpc) is 3.27. The fourth-order valence-corrected chi connectivity index (χ4v) is 4.00. The largest absolute Gasteiger partial charge is 0.330 e. The summed E-state index contributed by atoms with van der Waals surface area (Å²) in [4.78, 5) is 19.8. The van der Waals surface area contributed by atoms with E-state index < -0.39 is 0 Å². The smallest absolute Gasteiger partial charge is 0.256 e. The first kappa shape index (κ1) is 16.6. The molecule has 3 aromatic rings. The Morgan fingerprint density at radius 1 is 1.08 bits per heavy atom. The van der Waals surface area contributed by atoms with E-state index in [1.807, 2.05) is 54.3 Å². The number of carbonyl (C=O) groups excluding carboxylic acids is 1. The molecule has 4 rings (SSSR count). The molecule has 26 heavy (non-hydrogen) atoms. The number of hydrogen-bond acceptors (Lipinski definition) is 2. The Morgan fingerprint density at radius 3 is 2.58 bits per heavy atom. The van der Waals surface area contributed by atoms with Crippen LogP contribution in [0.2, 0.25) is 0 Å². The van der Waals surface area contributed by atoms with Gasteiger partial charge in [-0.25, -0.2) is 0 Å². The fraction of sp³-hybridized carbons (Fsp3) is 0.273. The van der Waals surface area contributed by atoms with E-state index in [0.717, 1.165) is 47.7 Å². The minimum atomic E-state index is 0.0727. The number of aryl methyl sites for hydroxylation is 1. The van der Waals surface area contributed by atoms with Gasteiger partial charge in [-0.15, -0.1) is 0 Å². The van der Waals surface area contributed by atoms with Crippen LogP contribution in [0.15, 0.2) is 60.8 Å². The van der Waals surface area contributed by atoms with Crippen LogP contribution in [-0.2, 0) is 0 Å². The number of para-hydroxylation sites is 1. The first-order valence-electron chi connectivity index (χ1n) is 9.13. The highest BCUT2D eigenvalue weighted by Gasteiger charge is 2.33. The molecule has 1 aliphatic heterocycles. The normalized spacial score (nSPS) is 16.8. The Hall–Kier alpha value is -2.88. The number of benzene rings is 1. The quantitative estimate of drug-likeness (QED) is 0.702. The van der Waals surface area contributed by atoms with Crippen LogP contribution < -0.4 is 0 Å². The molecular formula is C22H23N3O. The van der Waals surface area contributed by atoms with Gasteiger partial charge in [-0.3, -0.25) is 9.78 Å². The molecule has 2 aromatic heterocycles. The second-order valence-electron chi connectivity index (χ2n) is 6.87. The van der Waals surface area contributed by atoms with Gasteiger partial charge in [0.2, 0.25) is 0 Å². The standard InChI is InChI=1S/C22H23N3O/c1-16-15-19(17(2)25(16)18-9-4-3-5-10-18)22(26)24-14-8-12-21(24)20-11-6-7-13-23-20/h3-7,9-11,13,15,21H,8,12,14H2,1-2H3/t21-/m0/s1. The molecule has 1 aliphatic rings. The van der Waals surface area contributed by atoms with Crippen LogP contribution in [0.1, 0.15) is 46.3 Å². The summed E-state index contributed by atoms with van der Waals surface area (Å²) < 4.78 is 2.15. The van der Waals surface area contributed by atoms with Crippen molar-refractivity contribution in [2.45, 2.75) is 32.7 Å². The van der Waals surface area contributed by atoms with Crippen molar-refractivity contribution in [1.29, 1.82) is 0 Å². The predicted molar refractivity (Wildman–Crippen MR) is 102 cm³/mol. The highest BCUT2D eigenvalue weighted by Crippen LogP contribution is 2.33. The zero-order valence-electron chi connectivity index (χ0n) is 15.2. The molecule has 0 spiro atoms. The lowest BCUT2D eigenvalue weighted by atomic mass is 10.1. The number of hydrogen-bond donors (Lipinski definition) is 0. The number of nitrogens with zero attached hydrogens (tertiary/aromatic N) is 3. The van der Waals surface area contributed by atoms with Gasteiger partial charge in [0, 0.05) is 29.8 Å². The summed E-state index contributed by atoms with van der Waals surface area (Å²) in [7, 11) is 0. The molecule has 1 fully saturated rings. The van der Waals surface area contributed by atoms with E-state index in [0.29, 0.717) is 0 Å². The summed E-state index contributed by atoms with van der Waals surface area (Å²) in [6.07, 6.45) is 3.79. The van der Waals surface area contributed by atoms with Gasteiger partial charge < -0.3 is 9.47 Å². The Balaban J connectivity index is 1.69. The van der Waals surface area contributed by atoms with Crippen molar-refractivity contribution >= 4 is 5.91 Å². The SMILES string of the molecule is Cc1cc(C(=O)N2CCC[C@H]2c2ccccn2)c(C)n1-c1ccccc1. The predicted octanol–water partition coefficient (Wildman–Crippen LogP) is 4.47. The van der Waals surface area contributed by atoms with Gasteiger partial charge in [0.15, 0.2) is 0 Å². The number of carbonyl (C=O) groups is 1. The van der Waals surface area contributed by atoms with Gasteiger partial charge in [0.05, 0.1) is 17.3 Å². The molecule has 3 heterocycles. The second-order valence-corrected chi connectivity index (χ2v) is 6.87. The third-order valence-electron chi connectivity index (χ3n) is 5.22. The summed E-state index contributed by atoms with van der Waals surface area (Å²) in [5.74, 6) is 0.105. The second kappa shape index (κ2) is 6.79. The van der Waals surface area contributed by atoms with Gasteiger partial charge in [-0.1, -0.05) is 24.3 Å². The van der Waals surface area contributed by atoms with Crippen LogP contribution >= 0.6 is 0 Å². The maximum atomic E-state index is 13.3. The van der Waals surface area contributed by atoms with Crippen LogP contribution in [0.25, 0.3) is 5.69 Å². The van der Waals surface area contributed by atoms with Crippen LogP contribution in [0.5, 0.6) is 0 Å². The van der Waals surface area contributed by atoms with Crippen molar-refractivity contribution in [3.8, 4) is 5.69 Å². The zero-order valence-corrected chi connectivity index (χ0v) is 15.2. The zero-order chi connectivity index (χ0) is 18.1. The van der Waals surface area contributed by atoms with Crippen molar-refractivity contribution in [3.63, 3.8) is 0 Å². The first-order chi connectivity index (χ1) is 12.7. The number of likely N-dealkylation sites (tertiary alicyclic amines) is 1. The molecule has 0 bridgehead atoms. The molecular weight excluding hydrogens is 322 g/mol. The van der Waals surface area contributed by atoms with E-state index in [-0.39, 0.29) is 11.9 Å². The van der Waals surface area contributed by atoms with Crippen molar-refractivity contribution < 1.29 is 4.79 Å². The van der Waals surface area contributed by atoms with Crippen molar-refractivity contribution in [2.24, 2.45) is 0 Å². The molecule has 4 nitrogen and oxygen atoms in total. The summed E-state index contributed by atoms with van der Waals surface area (Å²) in [6.45, 7) is 4.87. The molecule has 0 N–H and O–H groups in total. The highest BCUT2D eigenvalue weighted by molar-refractivity contribution is 5.96. The third kappa shape index (κ3) is 2.81.